The van der Waals surface area contributed by atoms with E-state index in [1.165, 1.54) is 4.90 Å². The van der Waals surface area contributed by atoms with Crippen molar-refractivity contribution in [2.24, 2.45) is 0 Å². The van der Waals surface area contributed by atoms with E-state index in [1.807, 2.05) is 24.3 Å². The maximum absolute atomic E-state index is 12.5. The summed E-state index contributed by atoms with van der Waals surface area (Å²) >= 11 is 0. The molecule has 0 atom stereocenters. The molecule has 0 bridgehead atoms. The second-order valence-corrected chi connectivity index (χ2v) is 6.43. The molecule has 0 radical (unpaired) electrons. The number of piperidine rings is 1. The normalized spacial score (nSPS) is 18.0. The van der Waals surface area contributed by atoms with Gasteiger partial charge < -0.3 is 9.64 Å². The van der Waals surface area contributed by atoms with Crippen LogP contribution in [-0.4, -0.2) is 38.1 Å². The highest BCUT2D eigenvalue weighted by Gasteiger charge is 2.36. The van der Waals surface area contributed by atoms with Gasteiger partial charge in [-0.15, -0.1) is 0 Å². The Labute approximate surface area is 146 Å². The number of amides is 2. The van der Waals surface area contributed by atoms with Gasteiger partial charge in [0.2, 0.25) is 0 Å². The number of fused-ring (bicyclic) bond motifs is 1. The minimum atomic E-state index is -0.255. The second-order valence-electron chi connectivity index (χ2n) is 6.43. The van der Waals surface area contributed by atoms with Gasteiger partial charge in [-0.25, -0.2) is 4.90 Å². The molecular formula is C20H20N2O3. The van der Waals surface area contributed by atoms with Crippen molar-refractivity contribution in [1.29, 1.82) is 0 Å². The molecule has 25 heavy (non-hydrogen) atoms. The Morgan fingerprint density at radius 1 is 0.840 bits per heavy atom. The molecule has 0 N–H and O–H groups in total. The number of hydrogen-bond acceptors (Lipinski definition) is 4. The van der Waals surface area contributed by atoms with Crippen molar-refractivity contribution >= 4 is 23.2 Å². The van der Waals surface area contributed by atoms with Crippen LogP contribution < -0.4 is 9.80 Å². The molecule has 1 saturated heterocycles. The first-order valence-corrected chi connectivity index (χ1v) is 8.54. The first-order valence-electron chi connectivity index (χ1n) is 8.54. The Bertz CT molecular complexity index is 773. The smallest absolute Gasteiger partial charge is 0.266 e. The highest BCUT2D eigenvalue weighted by atomic mass is 16.5. The molecule has 2 amide bonds. The lowest BCUT2D eigenvalue weighted by atomic mass is 10.1. The van der Waals surface area contributed by atoms with Gasteiger partial charge in [-0.1, -0.05) is 12.1 Å². The van der Waals surface area contributed by atoms with Crippen molar-refractivity contribution in [3.05, 3.63) is 59.7 Å². The average Bonchev–Trinajstić information content (AvgIpc) is 2.93. The predicted molar refractivity (Wildman–Crippen MR) is 96.3 cm³/mol. The average molecular weight is 336 g/mol. The van der Waals surface area contributed by atoms with Gasteiger partial charge in [0.1, 0.15) is 0 Å². The third-order valence-electron chi connectivity index (χ3n) is 5.04. The van der Waals surface area contributed by atoms with Crippen molar-refractivity contribution in [2.75, 3.05) is 30.0 Å². The molecular weight excluding hydrogens is 316 g/mol. The SMILES string of the molecule is COC1CCN(c2ccc(N3C(=O)c4ccccc4C3=O)cc2)CC1. The summed E-state index contributed by atoms with van der Waals surface area (Å²) in [6.45, 7) is 1.90. The van der Waals surface area contributed by atoms with E-state index in [1.54, 1.807) is 31.4 Å². The van der Waals surface area contributed by atoms with E-state index >= 15 is 0 Å². The molecule has 1 fully saturated rings. The van der Waals surface area contributed by atoms with Gasteiger partial charge in [0.25, 0.3) is 11.8 Å². The highest BCUT2D eigenvalue weighted by Crippen LogP contribution is 2.30. The number of imide groups is 1. The Kier molecular flexibility index (Phi) is 4.01. The van der Waals surface area contributed by atoms with Gasteiger partial charge in [-0.3, -0.25) is 9.59 Å². The Balaban J connectivity index is 1.54. The lowest BCUT2D eigenvalue weighted by Gasteiger charge is -2.33. The van der Waals surface area contributed by atoms with Crippen LogP contribution in [0.15, 0.2) is 48.5 Å². The summed E-state index contributed by atoms with van der Waals surface area (Å²) in [4.78, 5) is 28.7. The molecule has 0 aliphatic carbocycles. The van der Waals surface area contributed by atoms with Crippen molar-refractivity contribution in [2.45, 2.75) is 18.9 Å². The highest BCUT2D eigenvalue weighted by molar-refractivity contribution is 6.34. The van der Waals surface area contributed by atoms with Crippen LogP contribution >= 0.6 is 0 Å². The van der Waals surface area contributed by atoms with Gasteiger partial charge >= 0.3 is 0 Å². The standard InChI is InChI=1S/C20H20N2O3/c1-25-16-10-12-21(13-11-16)14-6-8-15(9-7-14)22-19(23)17-4-2-3-5-18(17)20(22)24/h2-9,16H,10-13H2,1H3. The monoisotopic (exact) mass is 336 g/mol. The van der Waals surface area contributed by atoms with E-state index in [0.717, 1.165) is 31.6 Å². The first-order chi connectivity index (χ1) is 12.2. The molecule has 0 saturated carbocycles. The third kappa shape index (κ3) is 2.70. The fourth-order valence-corrected chi connectivity index (χ4v) is 3.59. The van der Waals surface area contributed by atoms with Gasteiger partial charge in [0.05, 0.1) is 22.9 Å². The fourth-order valence-electron chi connectivity index (χ4n) is 3.59. The second kappa shape index (κ2) is 6.33. The van der Waals surface area contributed by atoms with E-state index in [-0.39, 0.29) is 11.8 Å². The maximum Gasteiger partial charge on any atom is 0.266 e. The summed E-state index contributed by atoms with van der Waals surface area (Å²) in [6.07, 6.45) is 2.36. The van der Waals surface area contributed by atoms with Crippen molar-refractivity contribution in [3.8, 4) is 0 Å². The zero-order chi connectivity index (χ0) is 17.4. The topological polar surface area (TPSA) is 49.9 Å². The molecule has 0 aromatic heterocycles. The fraction of sp³-hybridized carbons (Fsp3) is 0.300. The molecule has 2 aromatic carbocycles. The zero-order valence-corrected chi connectivity index (χ0v) is 14.1. The van der Waals surface area contributed by atoms with Crippen LogP contribution in [0, 0.1) is 0 Å². The largest absolute Gasteiger partial charge is 0.381 e. The third-order valence-corrected chi connectivity index (χ3v) is 5.04. The van der Waals surface area contributed by atoms with Crippen molar-refractivity contribution < 1.29 is 14.3 Å². The summed E-state index contributed by atoms with van der Waals surface area (Å²) in [5.74, 6) is -0.511. The number of rotatable bonds is 3. The summed E-state index contributed by atoms with van der Waals surface area (Å²) in [7, 11) is 1.76. The van der Waals surface area contributed by atoms with Crippen LogP contribution in [0.25, 0.3) is 0 Å². The number of methoxy groups -OCH3 is 1. The summed E-state index contributed by atoms with van der Waals surface area (Å²) in [5.41, 5.74) is 2.66. The molecule has 5 heteroatoms. The number of carbonyl (C=O) groups excluding carboxylic acids is 2. The Hall–Kier alpha value is -2.66. The van der Waals surface area contributed by atoms with E-state index in [9.17, 15) is 9.59 Å². The summed E-state index contributed by atoms with van der Waals surface area (Å²) in [5, 5.41) is 0. The molecule has 4 rings (SSSR count). The number of benzene rings is 2. The van der Waals surface area contributed by atoms with E-state index in [0.29, 0.717) is 22.9 Å². The van der Waals surface area contributed by atoms with E-state index in [4.69, 9.17) is 4.74 Å². The lowest BCUT2D eigenvalue weighted by molar-refractivity contribution is 0.0819. The molecule has 2 heterocycles. The number of nitrogens with zero attached hydrogens (tertiary/aromatic N) is 2. The van der Waals surface area contributed by atoms with Crippen LogP contribution in [0.2, 0.25) is 0 Å². The minimum absolute atomic E-state index is 0.255. The van der Waals surface area contributed by atoms with Gasteiger partial charge in [-0.2, -0.15) is 0 Å². The molecule has 2 aliphatic rings. The number of ether oxygens (including phenoxy) is 1. The molecule has 128 valence electrons. The van der Waals surface area contributed by atoms with E-state index < -0.39 is 0 Å². The predicted octanol–water partition coefficient (Wildman–Crippen LogP) is 3.10. The summed E-state index contributed by atoms with van der Waals surface area (Å²) in [6, 6.07) is 14.6. The molecule has 0 unspecified atom stereocenters. The van der Waals surface area contributed by atoms with Crippen LogP contribution in [0.1, 0.15) is 33.6 Å². The van der Waals surface area contributed by atoms with Crippen LogP contribution in [-0.2, 0) is 4.74 Å². The number of hydrogen-bond donors (Lipinski definition) is 0. The van der Waals surface area contributed by atoms with Gasteiger partial charge in [0.15, 0.2) is 0 Å². The molecule has 2 aromatic rings. The zero-order valence-electron chi connectivity index (χ0n) is 14.1. The summed E-state index contributed by atoms with van der Waals surface area (Å²) < 4.78 is 5.41. The minimum Gasteiger partial charge on any atom is -0.381 e. The van der Waals surface area contributed by atoms with Gasteiger partial charge in [-0.05, 0) is 49.2 Å². The van der Waals surface area contributed by atoms with Crippen LogP contribution in [0.3, 0.4) is 0 Å². The van der Waals surface area contributed by atoms with Gasteiger partial charge in [0, 0.05) is 25.9 Å². The molecule has 5 nitrogen and oxygen atoms in total. The molecule has 0 spiro atoms. The number of carbonyl (C=O) groups is 2. The number of anilines is 2. The quantitative estimate of drug-likeness (QED) is 0.808. The van der Waals surface area contributed by atoms with Crippen LogP contribution in [0.4, 0.5) is 11.4 Å². The first kappa shape index (κ1) is 15.8. The molecule has 2 aliphatic heterocycles. The van der Waals surface area contributed by atoms with E-state index in [2.05, 4.69) is 4.90 Å². The lowest BCUT2D eigenvalue weighted by Crippen LogP contribution is -2.36. The maximum atomic E-state index is 12.5. The van der Waals surface area contributed by atoms with Crippen molar-refractivity contribution in [1.82, 2.24) is 0 Å². The van der Waals surface area contributed by atoms with Crippen LogP contribution in [0.5, 0.6) is 0 Å². The van der Waals surface area contributed by atoms with Crippen molar-refractivity contribution in [3.63, 3.8) is 0 Å². The Morgan fingerprint density at radius 2 is 1.36 bits per heavy atom. The Morgan fingerprint density at radius 3 is 1.88 bits per heavy atom.